The van der Waals surface area contributed by atoms with Crippen LogP contribution in [0.4, 0.5) is 4.39 Å². The largest absolute Gasteiger partial charge is 0.375 e. The second-order valence-corrected chi connectivity index (χ2v) is 2.62. The van der Waals surface area contributed by atoms with Crippen molar-refractivity contribution in [3.8, 4) is 0 Å². The van der Waals surface area contributed by atoms with Crippen molar-refractivity contribution in [1.82, 2.24) is 0 Å². The lowest BCUT2D eigenvalue weighted by Crippen LogP contribution is -2.08. The van der Waals surface area contributed by atoms with Gasteiger partial charge in [0.05, 0.1) is 12.7 Å². The van der Waals surface area contributed by atoms with Crippen molar-refractivity contribution in [2.45, 2.75) is 25.9 Å². The highest BCUT2D eigenvalue weighted by Crippen LogP contribution is 2.02. The van der Waals surface area contributed by atoms with Gasteiger partial charge in [0.25, 0.3) is 0 Å². The van der Waals surface area contributed by atoms with Gasteiger partial charge in [-0.05, 0) is 13.8 Å². The molecular weight excluding hydrogens is 126 g/mol. The van der Waals surface area contributed by atoms with Crippen LogP contribution < -0.4 is 0 Å². The minimum absolute atomic E-state index is 0.133. The first kappa shape index (κ1) is 8.32. The molecule has 50 valence electrons. The second-order valence-electron chi connectivity index (χ2n) is 1.90. The molecule has 0 fully saturated rings. The van der Waals surface area contributed by atoms with E-state index in [1.54, 1.807) is 0 Å². The van der Waals surface area contributed by atoms with Crippen molar-refractivity contribution in [1.29, 1.82) is 0 Å². The van der Waals surface area contributed by atoms with Crippen molar-refractivity contribution in [3.05, 3.63) is 0 Å². The summed E-state index contributed by atoms with van der Waals surface area (Å²) >= 11 is 0. The Hall–Kier alpha value is 0.320. The summed E-state index contributed by atoms with van der Waals surface area (Å²) in [5.41, 5.74) is 0. The molecule has 8 heavy (non-hydrogen) atoms. The van der Waals surface area contributed by atoms with Gasteiger partial charge < -0.3 is 4.74 Å². The van der Waals surface area contributed by atoms with Crippen molar-refractivity contribution in [2.24, 2.45) is 0 Å². The molecule has 0 N–H and O–H groups in total. The fourth-order valence-electron chi connectivity index (χ4n) is 0.284. The van der Waals surface area contributed by atoms with E-state index in [0.717, 1.165) is 0 Å². The van der Waals surface area contributed by atoms with Crippen molar-refractivity contribution in [2.75, 3.05) is 6.61 Å². The molecule has 0 aromatic heterocycles. The molecular formula is C5H12FOP. The number of alkyl halides is 1. The summed E-state index contributed by atoms with van der Waals surface area (Å²) in [6.07, 6.45) is 0.133. The van der Waals surface area contributed by atoms with Gasteiger partial charge in [0.1, 0.15) is 5.91 Å². The first-order valence-corrected chi connectivity index (χ1v) is 3.31. The molecule has 0 amide bonds. The molecule has 0 bridgehead atoms. The minimum atomic E-state index is -0.919. The fraction of sp³-hybridized carbons (Fsp3) is 1.00. The molecule has 0 radical (unpaired) electrons. The molecule has 1 nitrogen and oxygen atoms in total. The molecule has 0 aromatic carbocycles. The van der Waals surface area contributed by atoms with E-state index in [0.29, 0.717) is 0 Å². The van der Waals surface area contributed by atoms with Gasteiger partial charge in [-0.15, -0.1) is 0 Å². The summed E-state index contributed by atoms with van der Waals surface area (Å²) in [4.78, 5) is 0. The molecule has 0 saturated heterocycles. The lowest BCUT2D eigenvalue weighted by molar-refractivity contribution is 0.0601. The smallest absolute Gasteiger partial charge is 0.136 e. The SMILES string of the molecule is CC(C)OCC(F)P. The van der Waals surface area contributed by atoms with Crippen LogP contribution in [0.5, 0.6) is 0 Å². The van der Waals surface area contributed by atoms with Gasteiger partial charge in [-0.1, -0.05) is 9.24 Å². The first-order chi connectivity index (χ1) is 3.63. The number of hydrogen-bond acceptors (Lipinski definition) is 1. The van der Waals surface area contributed by atoms with Gasteiger partial charge in [0.15, 0.2) is 0 Å². The molecule has 0 saturated carbocycles. The number of ether oxygens (including phenoxy) is 1. The standard InChI is InChI=1S/C5H12FOP/c1-4(2)7-3-5(6)8/h4-5H,3,8H2,1-2H3. The maximum atomic E-state index is 11.9. The summed E-state index contributed by atoms with van der Waals surface area (Å²) in [6, 6.07) is 0. The lowest BCUT2D eigenvalue weighted by Gasteiger charge is -2.06. The summed E-state index contributed by atoms with van der Waals surface area (Å²) in [7, 11) is 2.03. The Balaban J connectivity index is 2.93. The quantitative estimate of drug-likeness (QED) is 0.538. The third-order valence-electron chi connectivity index (χ3n) is 0.589. The summed E-state index contributed by atoms with van der Waals surface area (Å²) in [5, 5.41) is 0. The van der Waals surface area contributed by atoms with Crippen LogP contribution in [0.15, 0.2) is 0 Å². The van der Waals surface area contributed by atoms with E-state index in [-0.39, 0.29) is 12.7 Å². The summed E-state index contributed by atoms with van der Waals surface area (Å²) in [5.74, 6) is -0.919. The molecule has 0 spiro atoms. The van der Waals surface area contributed by atoms with E-state index in [1.807, 2.05) is 23.1 Å². The van der Waals surface area contributed by atoms with E-state index in [1.165, 1.54) is 0 Å². The molecule has 0 heterocycles. The molecule has 0 aliphatic heterocycles. The molecule has 2 atom stereocenters. The average Bonchev–Trinajstić information content (AvgIpc) is 1.61. The van der Waals surface area contributed by atoms with Gasteiger partial charge in [0.2, 0.25) is 0 Å². The molecule has 0 aliphatic rings. The van der Waals surface area contributed by atoms with Crippen LogP contribution in [0.2, 0.25) is 0 Å². The molecule has 0 aliphatic carbocycles. The van der Waals surface area contributed by atoms with Gasteiger partial charge >= 0.3 is 0 Å². The van der Waals surface area contributed by atoms with Crippen LogP contribution in [-0.2, 0) is 4.74 Å². The zero-order valence-electron chi connectivity index (χ0n) is 5.23. The van der Waals surface area contributed by atoms with Crippen LogP contribution >= 0.6 is 9.24 Å². The number of rotatable bonds is 3. The Bertz CT molecular complexity index is 48.4. The number of halogens is 1. The molecule has 0 aromatic rings. The highest BCUT2D eigenvalue weighted by Gasteiger charge is 1.98. The predicted molar refractivity (Wildman–Crippen MR) is 35.7 cm³/mol. The van der Waals surface area contributed by atoms with E-state index in [9.17, 15) is 4.39 Å². The second kappa shape index (κ2) is 4.22. The maximum absolute atomic E-state index is 11.9. The van der Waals surface area contributed by atoms with Crippen LogP contribution in [-0.4, -0.2) is 18.6 Å². The van der Waals surface area contributed by atoms with Gasteiger partial charge in [-0.25, -0.2) is 4.39 Å². The molecule has 3 heteroatoms. The lowest BCUT2D eigenvalue weighted by atomic mass is 10.5. The third kappa shape index (κ3) is 6.32. The van der Waals surface area contributed by atoms with Gasteiger partial charge in [0, 0.05) is 0 Å². The zero-order valence-corrected chi connectivity index (χ0v) is 6.38. The average molecular weight is 138 g/mol. The van der Waals surface area contributed by atoms with E-state index in [2.05, 4.69) is 0 Å². The topological polar surface area (TPSA) is 9.23 Å². The van der Waals surface area contributed by atoms with Crippen molar-refractivity contribution in [3.63, 3.8) is 0 Å². The van der Waals surface area contributed by atoms with E-state index in [4.69, 9.17) is 4.74 Å². The maximum Gasteiger partial charge on any atom is 0.136 e. The van der Waals surface area contributed by atoms with Crippen LogP contribution in [0.3, 0.4) is 0 Å². The minimum Gasteiger partial charge on any atom is -0.375 e. The summed E-state index contributed by atoms with van der Waals surface area (Å²) in [6.45, 7) is 3.95. The normalized spacial score (nSPS) is 14.6. The number of hydrogen-bond donors (Lipinski definition) is 0. The van der Waals surface area contributed by atoms with Gasteiger partial charge in [-0.3, -0.25) is 0 Å². The zero-order chi connectivity index (χ0) is 6.57. The first-order valence-electron chi connectivity index (χ1n) is 2.64. The fourth-order valence-corrected chi connectivity index (χ4v) is 0.395. The van der Waals surface area contributed by atoms with Crippen LogP contribution in [0.25, 0.3) is 0 Å². The Kier molecular flexibility index (Phi) is 4.39. The predicted octanol–water partition coefficient (Wildman–Crippen LogP) is 1.58. The van der Waals surface area contributed by atoms with Crippen molar-refractivity contribution < 1.29 is 9.13 Å². The van der Waals surface area contributed by atoms with E-state index >= 15 is 0 Å². The molecule has 2 unspecified atom stereocenters. The highest BCUT2D eigenvalue weighted by molar-refractivity contribution is 7.17. The summed E-state index contributed by atoms with van der Waals surface area (Å²) < 4.78 is 16.8. The Morgan fingerprint density at radius 3 is 2.25 bits per heavy atom. The molecule has 0 rings (SSSR count). The van der Waals surface area contributed by atoms with Crippen LogP contribution in [0.1, 0.15) is 13.8 Å². The monoisotopic (exact) mass is 138 g/mol. The van der Waals surface area contributed by atoms with Crippen molar-refractivity contribution >= 4 is 9.24 Å². The van der Waals surface area contributed by atoms with Gasteiger partial charge in [-0.2, -0.15) is 0 Å². The van der Waals surface area contributed by atoms with E-state index < -0.39 is 5.91 Å². The third-order valence-corrected chi connectivity index (χ3v) is 0.781. The Labute approximate surface area is 51.8 Å². The van der Waals surface area contributed by atoms with Crippen LogP contribution in [0, 0.1) is 0 Å². The Morgan fingerprint density at radius 1 is 1.62 bits per heavy atom. The highest BCUT2D eigenvalue weighted by atomic mass is 31.0. The Morgan fingerprint density at radius 2 is 2.12 bits per heavy atom.